The number of halogens is 6. The van der Waals surface area contributed by atoms with Gasteiger partial charge in [-0.1, -0.05) is 23.2 Å². The zero-order valence-corrected chi connectivity index (χ0v) is 16.3. The van der Waals surface area contributed by atoms with E-state index in [0.717, 1.165) is 0 Å². The minimum atomic E-state index is -4.47. The minimum Gasteiger partial charge on any atom is -0.761 e. The van der Waals surface area contributed by atoms with E-state index in [2.05, 4.69) is 15.9 Å². The van der Waals surface area contributed by atoms with Gasteiger partial charge in [0.25, 0.3) is 0 Å². The van der Waals surface area contributed by atoms with Crippen molar-refractivity contribution in [3.05, 3.63) is 61.7 Å². The van der Waals surface area contributed by atoms with Crippen LogP contribution in [-0.2, 0) is 5.41 Å². The third-order valence-electron chi connectivity index (χ3n) is 4.65. The lowest BCUT2D eigenvalue weighted by Gasteiger charge is -2.33. The van der Waals surface area contributed by atoms with Crippen molar-refractivity contribution in [2.24, 2.45) is 0 Å². The fraction of sp³-hybridized carbons (Fsp3) is 0.294. The molecule has 1 aliphatic heterocycles. The first kappa shape index (κ1) is 19.6. The summed E-state index contributed by atoms with van der Waals surface area (Å²) < 4.78 is 42.7. The second kappa shape index (κ2) is 7.11. The molecule has 0 aliphatic carbocycles. The van der Waals surface area contributed by atoms with Gasteiger partial charge in [-0.3, -0.25) is 0 Å². The maximum absolute atomic E-state index is 14.1. The molecule has 1 heterocycles. The zero-order chi connectivity index (χ0) is 19.1. The molecule has 0 radical (unpaired) electrons. The summed E-state index contributed by atoms with van der Waals surface area (Å²) in [5, 5.41) is 11.1. The van der Waals surface area contributed by atoms with E-state index < -0.39 is 11.6 Å². The fourth-order valence-corrected chi connectivity index (χ4v) is 4.25. The third kappa shape index (κ3) is 3.50. The van der Waals surface area contributed by atoms with Crippen LogP contribution in [0.25, 0.3) is 0 Å². The Hall–Kier alpha value is -1.15. The summed E-state index contributed by atoms with van der Waals surface area (Å²) in [6.45, 7) is -0.0516. The summed E-state index contributed by atoms with van der Waals surface area (Å²) in [7, 11) is 0. The summed E-state index contributed by atoms with van der Waals surface area (Å²) in [6, 6.07) is 8.82. The van der Waals surface area contributed by atoms with Crippen LogP contribution in [0.15, 0.2) is 40.9 Å². The molecule has 2 aromatic rings. The smallest absolute Gasteiger partial charge is 0.400 e. The van der Waals surface area contributed by atoms with E-state index in [1.54, 1.807) is 22.5 Å². The average molecular weight is 469 g/mol. The van der Waals surface area contributed by atoms with Crippen molar-refractivity contribution in [2.45, 2.75) is 18.0 Å². The SMILES string of the molecule is [O-]Nc1ccc(N2CCC(c3cc(Cl)cc(Cl)c3)(C(F)(F)F)C2)cc1Br. The monoisotopic (exact) mass is 467 g/mol. The van der Waals surface area contributed by atoms with E-state index in [1.165, 1.54) is 24.3 Å². The molecule has 2 aromatic carbocycles. The molecule has 0 bridgehead atoms. The van der Waals surface area contributed by atoms with Crippen LogP contribution >= 0.6 is 39.1 Å². The molecular weight excluding hydrogens is 456 g/mol. The Bertz CT molecular complexity index is 814. The molecule has 1 N–H and O–H groups in total. The topological polar surface area (TPSA) is 38.3 Å². The van der Waals surface area contributed by atoms with E-state index in [4.69, 9.17) is 23.2 Å². The number of benzene rings is 2. The van der Waals surface area contributed by atoms with Gasteiger partial charge in [-0.25, -0.2) is 0 Å². The molecule has 1 aliphatic rings. The van der Waals surface area contributed by atoms with Crippen molar-refractivity contribution < 1.29 is 13.2 Å². The number of hydrogen-bond acceptors (Lipinski definition) is 3. The summed E-state index contributed by atoms with van der Waals surface area (Å²) in [4.78, 5) is 1.64. The summed E-state index contributed by atoms with van der Waals surface area (Å²) in [6.07, 6.45) is -4.59. The molecular formula is C17H13BrCl2F3N2O-. The molecule has 140 valence electrons. The Balaban J connectivity index is 2.00. The molecule has 0 aromatic heterocycles. The quantitative estimate of drug-likeness (QED) is 0.531. The van der Waals surface area contributed by atoms with Gasteiger partial charge in [-0.15, -0.1) is 0 Å². The van der Waals surface area contributed by atoms with E-state index in [9.17, 15) is 18.4 Å². The van der Waals surface area contributed by atoms with Gasteiger partial charge in [0, 0.05) is 39.0 Å². The zero-order valence-electron chi connectivity index (χ0n) is 13.2. The van der Waals surface area contributed by atoms with Crippen LogP contribution in [0, 0.1) is 5.21 Å². The van der Waals surface area contributed by atoms with Gasteiger partial charge in [0.05, 0.1) is 0 Å². The summed E-state index contributed by atoms with van der Waals surface area (Å²) in [5.41, 5.74) is 0.668. The van der Waals surface area contributed by atoms with Gasteiger partial charge in [-0.05, 0) is 64.3 Å². The van der Waals surface area contributed by atoms with Gasteiger partial charge in [0.15, 0.2) is 0 Å². The summed E-state index contributed by atoms with van der Waals surface area (Å²) in [5.74, 6) is 0. The van der Waals surface area contributed by atoms with E-state index in [1.807, 2.05) is 0 Å². The van der Waals surface area contributed by atoms with Crippen molar-refractivity contribution in [1.82, 2.24) is 0 Å². The van der Waals surface area contributed by atoms with Crippen LogP contribution < -0.4 is 10.4 Å². The van der Waals surface area contributed by atoms with E-state index in [0.29, 0.717) is 15.8 Å². The molecule has 1 fully saturated rings. The maximum Gasteiger partial charge on any atom is 0.400 e. The van der Waals surface area contributed by atoms with Gasteiger partial charge in [-0.2, -0.15) is 13.2 Å². The van der Waals surface area contributed by atoms with Crippen LogP contribution in [0.1, 0.15) is 12.0 Å². The Morgan fingerprint density at radius 1 is 1.12 bits per heavy atom. The first-order valence-electron chi connectivity index (χ1n) is 7.62. The standard InChI is InChI=1S/C17H13BrCl2F3N2O/c18-14-8-13(1-2-15(14)24-26)25-4-3-16(9-25,17(21,22)23)10-5-11(19)7-12(20)6-10/h1-2,5-8,24H,3-4,9H2/q-1. The normalized spacial score (nSPS) is 20.5. The van der Waals surface area contributed by atoms with Crippen molar-refractivity contribution >= 4 is 50.5 Å². The molecule has 0 spiro atoms. The highest BCUT2D eigenvalue weighted by Gasteiger charge is 2.59. The lowest BCUT2D eigenvalue weighted by Crippen LogP contribution is -2.44. The number of nitrogens with one attached hydrogen (secondary N) is 1. The maximum atomic E-state index is 14.1. The van der Waals surface area contributed by atoms with Gasteiger partial charge in [0.1, 0.15) is 5.41 Å². The van der Waals surface area contributed by atoms with Crippen LogP contribution in [-0.4, -0.2) is 19.3 Å². The Morgan fingerprint density at radius 3 is 2.31 bits per heavy atom. The molecule has 3 rings (SSSR count). The third-order valence-corrected chi connectivity index (χ3v) is 5.75. The van der Waals surface area contributed by atoms with Gasteiger partial charge >= 0.3 is 6.18 Å². The van der Waals surface area contributed by atoms with Crippen molar-refractivity contribution in [3.8, 4) is 0 Å². The van der Waals surface area contributed by atoms with E-state index >= 15 is 0 Å². The highest BCUT2D eigenvalue weighted by atomic mass is 79.9. The predicted molar refractivity (Wildman–Crippen MR) is 102 cm³/mol. The number of nitrogens with zero attached hydrogens (tertiary/aromatic N) is 1. The van der Waals surface area contributed by atoms with Gasteiger partial charge < -0.3 is 15.6 Å². The first-order valence-corrected chi connectivity index (χ1v) is 9.17. The molecule has 0 amide bonds. The van der Waals surface area contributed by atoms with Crippen LogP contribution in [0.5, 0.6) is 0 Å². The lowest BCUT2D eigenvalue weighted by molar-refractivity contribution is -0.184. The predicted octanol–water partition coefficient (Wildman–Crippen LogP) is 6.38. The molecule has 1 unspecified atom stereocenters. The largest absolute Gasteiger partial charge is 0.761 e. The number of hydrogen-bond donors (Lipinski definition) is 1. The molecule has 1 saturated heterocycles. The van der Waals surface area contributed by atoms with E-state index in [-0.39, 0.29) is 35.1 Å². The average Bonchev–Trinajstić information content (AvgIpc) is 3.00. The number of anilines is 2. The highest BCUT2D eigenvalue weighted by molar-refractivity contribution is 9.10. The lowest BCUT2D eigenvalue weighted by atomic mass is 9.79. The molecule has 26 heavy (non-hydrogen) atoms. The first-order chi connectivity index (χ1) is 12.2. The molecule has 0 saturated carbocycles. The molecule has 1 atom stereocenters. The van der Waals surface area contributed by atoms with Gasteiger partial charge in [0.2, 0.25) is 0 Å². The Morgan fingerprint density at radius 2 is 1.77 bits per heavy atom. The number of alkyl halides is 3. The fourth-order valence-electron chi connectivity index (χ4n) is 3.27. The van der Waals surface area contributed by atoms with Crippen LogP contribution in [0.4, 0.5) is 24.5 Å². The highest BCUT2D eigenvalue weighted by Crippen LogP contribution is 2.49. The van der Waals surface area contributed by atoms with Crippen LogP contribution in [0.2, 0.25) is 10.0 Å². The molecule has 3 nitrogen and oxygen atoms in total. The minimum absolute atomic E-state index is 0.0573. The van der Waals surface area contributed by atoms with Crippen LogP contribution in [0.3, 0.4) is 0 Å². The van der Waals surface area contributed by atoms with Crippen molar-refractivity contribution in [2.75, 3.05) is 23.5 Å². The Kier molecular flexibility index (Phi) is 5.36. The second-order valence-corrected chi connectivity index (χ2v) is 7.90. The summed E-state index contributed by atoms with van der Waals surface area (Å²) >= 11 is 15.1. The Labute approximate surface area is 166 Å². The molecule has 9 heteroatoms. The number of rotatable bonds is 3. The van der Waals surface area contributed by atoms with Crippen molar-refractivity contribution in [1.29, 1.82) is 0 Å². The van der Waals surface area contributed by atoms with Crippen molar-refractivity contribution in [3.63, 3.8) is 0 Å². The second-order valence-electron chi connectivity index (χ2n) is 6.18.